The first-order chi connectivity index (χ1) is 8.70. The molecule has 0 spiro atoms. The zero-order valence-corrected chi connectivity index (χ0v) is 12.3. The highest BCUT2D eigenvalue weighted by Gasteiger charge is 2.27. The van der Waals surface area contributed by atoms with Gasteiger partial charge in [-0.25, -0.2) is 8.42 Å². The molecule has 0 atom stereocenters. The number of anilines is 1. The number of carbonyl (C=O) groups excluding carboxylic acids is 1. The highest BCUT2D eigenvalue weighted by Crippen LogP contribution is 2.28. The summed E-state index contributed by atoms with van der Waals surface area (Å²) < 4.78 is 25.8. The lowest BCUT2D eigenvalue weighted by Gasteiger charge is -2.20. The Hall–Kier alpha value is -1.31. The molecule has 1 aromatic carbocycles. The van der Waals surface area contributed by atoms with Gasteiger partial charge in [-0.3, -0.25) is 4.79 Å². The van der Waals surface area contributed by atoms with Crippen molar-refractivity contribution in [3.63, 3.8) is 0 Å². The minimum atomic E-state index is -3.85. The molecule has 6 nitrogen and oxygen atoms in total. The number of carbonyl (C=O) groups is 1. The normalized spacial score (nSPS) is 11.8. The summed E-state index contributed by atoms with van der Waals surface area (Å²) in [5, 5.41) is 0.219. The van der Waals surface area contributed by atoms with E-state index in [1.54, 1.807) is 13.8 Å². The van der Waals surface area contributed by atoms with E-state index >= 15 is 0 Å². The molecule has 4 N–H and O–H groups in total. The maximum Gasteiger partial charge on any atom is 0.243 e. The molecule has 0 saturated carbocycles. The third-order valence-corrected chi connectivity index (χ3v) is 4.93. The Morgan fingerprint density at radius 2 is 2.00 bits per heavy atom. The third-order valence-electron chi connectivity index (χ3n) is 2.67. The predicted molar refractivity (Wildman–Crippen MR) is 74.2 cm³/mol. The van der Waals surface area contributed by atoms with E-state index in [2.05, 4.69) is 0 Å². The molecule has 0 aromatic heterocycles. The second kappa shape index (κ2) is 5.77. The van der Waals surface area contributed by atoms with Gasteiger partial charge < -0.3 is 11.5 Å². The van der Waals surface area contributed by atoms with E-state index in [1.807, 2.05) is 0 Å². The highest BCUT2D eigenvalue weighted by atomic mass is 35.5. The number of hydrogen-bond acceptors (Lipinski definition) is 4. The molecule has 0 radical (unpaired) electrons. The van der Waals surface area contributed by atoms with Crippen molar-refractivity contribution in [3.8, 4) is 0 Å². The quantitative estimate of drug-likeness (QED) is 0.782. The average molecular weight is 306 g/mol. The van der Waals surface area contributed by atoms with E-state index in [9.17, 15) is 13.2 Å². The van der Waals surface area contributed by atoms with Crippen LogP contribution in [0.3, 0.4) is 0 Å². The molecule has 0 fully saturated rings. The van der Waals surface area contributed by atoms with Crippen LogP contribution in [0.2, 0.25) is 5.02 Å². The fourth-order valence-electron chi connectivity index (χ4n) is 1.62. The number of halogens is 1. The van der Waals surface area contributed by atoms with E-state index in [0.29, 0.717) is 5.56 Å². The molecular formula is C11H16ClN3O3S. The van der Waals surface area contributed by atoms with Crippen LogP contribution >= 0.6 is 11.6 Å². The molecule has 0 unspecified atom stereocenters. The molecule has 0 saturated heterocycles. The lowest BCUT2D eigenvalue weighted by Crippen LogP contribution is -2.38. The van der Waals surface area contributed by atoms with E-state index in [-0.39, 0.29) is 28.7 Å². The second-order valence-corrected chi connectivity index (χ2v) is 6.36. The molecule has 0 aliphatic carbocycles. The van der Waals surface area contributed by atoms with Crippen molar-refractivity contribution in [1.82, 2.24) is 4.31 Å². The summed E-state index contributed by atoms with van der Waals surface area (Å²) in [5.41, 5.74) is 11.4. The van der Waals surface area contributed by atoms with E-state index in [1.165, 1.54) is 12.1 Å². The first-order valence-corrected chi connectivity index (χ1v) is 7.36. The van der Waals surface area contributed by atoms with Crippen molar-refractivity contribution < 1.29 is 13.2 Å². The number of amides is 1. The molecule has 1 amide bonds. The fraction of sp³-hybridized carbons (Fsp3) is 0.364. The van der Waals surface area contributed by atoms with Gasteiger partial charge in [-0.1, -0.05) is 18.5 Å². The topological polar surface area (TPSA) is 106 Å². The van der Waals surface area contributed by atoms with E-state index in [4.69, 9.17) is 23.1 Å². The van der Waals surface area contributed by atoms with Crippen LogP contribution in [0, 0.1) is 6.92 Å². The van der Waals surface area contributed by atoms with Crippen molar-refractivity contribution >= 4 is 33.2 Å². The van der Waals surface area contributed by atoms with Crippen LogP contribution in [0.25, 0.3) is 0 Å². The summed E-state index contributed by atoms with van der Waals surface area (Å²) in [6.07, 6.45) is 0. The monoisotopic (exact) mass is 305 g/mol. The van der Waals surface area contributed by atoms with E-state index in [0.717, 1.165) is 4.31 Å². The molecule has 0 aliphatic heterocycles. The number of likely N-dealkylation sites (N-methyl/N-ethyl adjacent to an activating group) is 1. The Bertz CT molecular complexity index is 601. The van der Waals surface area contributed by atoms with Gasteiger partial charge in [0.2, 0.25) is 15.9 Å². The van der Waals surface area contributed by atoms with Gasteiger partial charge in [0.15, 0.2) is 0 Å². The lowest BCUT2D eigenvalue weighted by atomic mass is 10.2. The average Bonchev–Trinajstić information content (AvgIpc) is 2.30. The number of nitrogens with zero attached hydrogens (tertiary/aromatic N) is 1. The minimum Gasteiger partial charge on any atom is -0.398 e. The van der Waals surface area contributed by atoms with Gasteiger partial charge >= 0.3 is 0 Å². The summed E-state index contributed by atoms with van der Waals surface area (Å²) in [7, 11) is -3.85. The van der Waals surface area contributed by atoms with E-state index < -0.39 is 15.9 Å². The molecule has 0 bridgehead atoms. The van der Waals surface area contributed by atoms with Crippen molar-refractivity contribution in [3.05, 3.63) is 22.7 Å². The Morgan fingerprint density at radius 1 is 1.42 bits per heavy atom. The molecule has 1 rings (SSSR count). The Balaban J connectivity index is 3.37. The molecular weight excluding hydrogens is 290 g/mol. The molecule has 19 heavy (non-hydrogen) atoms. The summed E-state index contributed by atoms with van der Waals surface area (Å²) in [6, 6.07) is 2.78. The maximum atomic E-state index is 12.4. The van der Waals surface area contributed by atoms with Crippen LogP contribution in [-0.2, 0) is 14.8 Å². The van der Waals surface area contributed by atoms with Gasteiger partial charge in [0, 0.05) is 17.3 Å². The zero-order valence-electron chi connectivity index (χ0n) is 10.7. The Labute approximate surface area is 117 Å². The Kier molecular flexibility index (Phi) is 4.78. The molecule has 0 aliphatic rings. The summed E-state index contributed by atoms with van der Waals surface area (Å²) in [4.78, 5) is 10.9. The predicted octanol–water partition coefficient (Wildman–Crippen LogP) is 0.727. The van der Waals surface area contributed by atoms with Gasteiger partial charge in [-0.15, -0.1) is 0 Å². The molecule has 0 heterocycles. The number of benzene rings is 1. The number of sulfonamides is 1. The molecule has 1 aromatic rings. The third kappa shape index (κ3) is 3.37. The van der Waals surface area contributed by atoms with Gasteiger partial charge in [-0.05, 0) is 24.6 Å². The van der Waals surface area contributed by atoms with Gasteiger partial charge in [0.25, 0.3) is 0 Å². The molecule has 106 valence electrons. The number of primary amides is 1. The first-order valence-electron chi connectivity index (χ1n) is 5.54. The summed E-state index contributed by atoms with van der Waals surface area (Å²) in [5.74, 6) is -0.724. The van der Waals surface area contributed by atoms with Crippen LogP contribution in [-0.4, -0.2) is 31.7 Å². The zero-order chi connectivity index (χ0) is 14.8. The van der Waals surface area contributed by atoms with Crippen LogP contribution in [0.4, 0.5) is 5.69 Å². The smallest absolute Gasteiger partial charge is 0.243 e. The van der Waals surface area contributed by atoms with Crippen molar-refractivity contribution in [1.29, 1.82) is 0 Å². The van der Waals surface area contributed by atoms with Crippen molar-refractivity contribution in [2.75, 3.05) is 18.8 Å². The molecule has 8 heteroatoms. The van der Waals surface area contributed by atoms with Crippen molar-refractivity contribution in [2.45, 2.75) is 18.7 Å². The van der Waals surface area contributed by atoms with Crippen LogP contribution in [0.1, 0.15) is 12.5 Å². The first kappa shape index (κ1) is 15.7. The van der Waals surface area contributed by atoms with Gasteiger partial charge in [-0.2, -0.15) is 4.31 Å². The number of hydrogen-bond donors (Lipinski definition) is 2. The van der Waals surface area contributed by atoms with Crippen LogP contribution in [0.15, 0.2) is 17.0 Å². The van der Waals surface area contributed by atoms with Gasteiger partial charge in [0.1, 0.15) is 0 Å². The lowest BCUT2D eigenvalue weighted by molar-refractivity contribution is -0.118. The van der Waals surface area contributed by atoms with Crippen LogP contribution in [0.5, 0.6) is 0 Å². The van der Waals surface area contributed by atoms with Crippen molar-refractivity contribution in [2.24, 2.45) is 5.73 Å². The SMILES string of the molecule is CCN(CC(N)=O)S(=O)(=O)c1cc(Cl)cc(N)c1C. The second-order valence-electron chi connectivity index (χ2n) is 4.02. The van der Waals surface area contributed by atoms with Gasteiger partial charge in [0.05, 0.1) is 11.4 Å². The Morgan fingerprint density at radius 3 is 2.47 bits per heavy atom. The number of nitrogens with two attached hydrogens (primary N) is 2. The summed E-state index contributed by atoms with van der Waals surface area (Å²) in [6.45, 7) is 2.93. The standard InChI is InChI=1S/C11H16ClN3O3S/c1-3-15(6-11(14)16)19(17,18)10-5-8(12)4-9(13)7(10)2/h4-5H,3,6,13H2,1-2H3,(H2,14,16). The summed E-state index contributed by atoms with van der Waals surface area (Å²) >= 11 is 5.83. The fourth-order valence-corrected chi connectivity index (χ4v) is 3.61. The highest BCUT2D eigenvalue weighted by molar-refractivity contribution is 7.89. The van der Waals surface area contributed by atoms with Crippen LogP contribution < -0.4 is 11.5 Å². The number of rotatable bonds is 5. The maximum absolute atomic E-state index is 12.4. The number of nitrogen functional groups attached to an aromatic ring is 1. The largest absolute Gasteiger partial charge is 0.398 e. The minimum absolute atomic E-state index is 0.0133.